The third-order valence-corrected chi connectivity index (χ3v) is 4.68. The minimum atomic E-state index is -0.0512. The summed E-state index contributed by atoms with van der Waals surface area (Å²) < 4.78 is 1.96. The lowest BCUT2D eigenvalue weighted by atomic mass is 10.1. The number of amides is 1. The first-order valence-electron chi connectivity index (χ1n) is 9.10. The van der Waals surface area contributed by atoms with Crippen molar-refractivity contribution in [3.05, 3.63) is 59.5 Å². The van der Waals surface area contributed by atoms with Crippen LogP contribution in [0.3, 0.4) is 0 Å². The van der Waals surface area contributed by atoms with Crippen molar-refractivity contribution < 1.29 is 4.79 Å². The number of pyridine rings is 1. The van der Waals surface area contributed by atoms with Gasteiger partial charge in [-0.1, -0.05) is 6.07 Å². The Morgan fingerprint density at radius 1 is 1.15 bits per heavy atom. The summed E-state index contributed by atoms with van der Waals surface area (Å²) in [5.74, 6) is -0.0512. The molecular weight excluding hydrogens is 324 g/mol. The van der Waals surface area contributed by atoms with E-state index in [0.29, 0.717) is 0 Å². The van der Waals surface area contributed by atoms with Gasteiger partial charge in [0.15, 0.2) is 0 Å². The number of fused-ring (bicyclic) bond motifs is 1. The number of rotatable bonds is 6. The zero-order valence-corrected chi connectivity index (χ0v) is 15.9. The summed E-state index contributed by atoms with van der Waals surface area (Å²) in [5.41, 5.74) is 5.87. The molecular formula is C21H26N4O. The average molecular weight is 350 g/mol. The molecule has 5 nitrogen and oxygen atoms in total. The van der Waals surface area contributed by atoms with Gasteiger partial charge in [0.1, 0.15) is 5.65 Å². The second-order valence-electron chi connectivity index (χ2n) is 6.55. The number of nitrogens with one attached hydrogen (secondary N) is 1. The summed E-state index contributed by atoms with van der Waals surface area (Å²) in [6.07, 6.45) is 4.13. The fraction of sp³-hybridized carbons (Fsp3) is 0.333. The summed E-state index contributed by atoms with van der Waals surface area (Å²) in [5, 5.41) is 3.01. The van der Waals surface area contributed by atoms with E-state index in [1.165, 1.54) is 5.69 Å². The van der Waals surface area contributed by atoms with E-state index in [4.69, 9.17) is 0 Å². The summed E-state index contributed by atoms with van der Waals surface area (Å²) in [7, 11) is 0. The van der Waals surface area contributed by atoms with Crippen LogP contribution in [0.4, 0.5) is 11.4 Å². The second kappa shape index (κ2) is 7.60. The summed E-state index contributed by atoms with van der Waals surface area (Å²) in [4.78, 5) is 19.3. The van der Waals surface area contributed by atoms with Crippen LogP contribution in [0.25, 0.3) is 5.65 Å². The van der Waals surface area contributed by atoms with Crippen LogP contribution in [-0.4, -0.2) is 28.4 Å². The quantitative estimate of drug-likeness (QED) is 0.731. The molecule has 0 spiro atoms. The van der Waals surface area contributed by atoms with Crippen molar-refractivity contribution in [3.63, 3.8) is 0 Å². The predicted molar refractivity (Wildman–Crippen MR) is 107 cm³/mol. The number of nitrogens with zero attached hydrogens (tertiary/aromatic N) is 3. The van der Waals surface area contributed by atoms with Gasteiger partial charge >= 0.3 is 0 Å². The van der Waals surface area contributed by atoms with Gasteiger partial charge in [0.25, 0.3) is 0 Å². The minimum Gasteiger partial charge on any atom is -0.372 e. The van der Waals surface area contributed by atoms with E-state index < -0.39 is 0 Å². The Morgan fingerprint density at radius 2 is 1.92 bits per heavy atom. The van der Waals surface area contributed by atoms with E-state index in [-0.39, 0.29) is 12.3 Å². The van der Waals surface area contributed by atoms with Gasteiger partial charge in [-0.3, -0.25) is 4.79 Å². The van der Waals surface area contributed by atoms with Crippen LogP contribution in [0, 0.1) is 13.8 Å². The monoisotopic (exact) mass is 350 g/mol. The maximum absolute atomic E-state index is 12.5. The maximum Gasteiger partial charge on any atom is 0.230 e. The van der Waals surface area contributed by atoms with Gasteiger partial charge in [0, 0.05) is 36.9 Å². The van der Waals surface area contributed by atoms with E-state index in [1.54, 1.807) is 0 Å². The minimum absolute atomic E-state index is 0.0512. The molecule has 1 aromatic carbocycles. The molecule has 1 N–H and O–H groups in total. The number of imidazole rings is 1. The highest BCUT2D eigenvalue weighted by Gasteiger charge is 2.11. The van der Waals surface area contributed by atoms with E-state index in [2.05, 4.69) is 41.2 Å². The van der Waals surface area contributed by atoms with Crippen LogP contribution >= 0.6 is 0 Å². The van der Waals surface area contributed by atoms with Gasteiger partial charge in [-0.05, 0) is 63.1 Å². The van der Waals surface area contributed by atoms with E-state index in [0.717, 1.165) is 41.2 Å². The zero-order chi connectivity index (χ0) is 18.7. The second-order valence-corrected chi connectivity index (χ2v) is 6.55. The summed E-state index contributed by atoms with van der Waals surface area (Å²) in [6, 6.07) is 10.2. The van der Waals surface area contributed by atoms with Crippen molar-refractivity contribution in [2.45, 2.75) is 34.1 Å². The van der Waals surface area contributed by atoms with Crippen LogP contribution in [0.15, 0.2) is 42.7 Å². The van der Waals surface area contributed by atoms with Gasteiger partial charge in [-0.15, -0.1) is 0 Å². The maximum atomic E-state index is 12.5. The molecule has 5 heteroatoms. The molecule has 1 amide bonds. The SMILES string of the molecule is CCN(CC)c1ccc(NC(=O)Cc2cn3cccc(C)c3n2)c(C)c1. The number of aromatic nitrogens is 2. The van der Waals surface area contributed by atoms with E-state index >= 15 is 0 Å². The molecule has 0 aliphatic rings. The normalized spacial score (nSPS) is 10.9. The van der Waals surface area contributed by atoms with Crippen molar-refractivity contribution in [3.8, 4) is 0 Å². The molecule has 0 aliphatic carbocycles. The summed E-state index contributed by atoms with van der Waals surface area (Å²) >= 11 is 0. The number of aryl methyl sites for hydroxylation is 2. The third-order valence-electron chi connectivity index (χ3n) is 4.68. The molecule has 0 unspecified atom stereocenters. The van der Waals surface area contributed by atoms with Crippen molar-refractivity contribution in [2.24, 2.45) is 0 Å². The van der Waals surface area contributed by atoms with Crippen molar-refractivity contribution in [1.29, 1.82) is 0 Å². The van der Waals surface area contributed by atoms with Gasteiger partial charge in [0.05, 0.1) is 12.1 Å². The van der Waals surface area contributed by atoms with Crippen LogP contribution in [0.2, 0.25) is 0 Å². The first kappa shape index (κ1) is 18.0. The molecule has 0 saturated heterocycles. The Hall–Kier alpha value is -2.82. The van der Waals surface area contributed by atoms with E-state index in [9.17, 15) is 4.79 Å². The number of anilines is 2. The van der Waals surface area contributed by atoms with Gasteiger partial charge in [0.2, 0.25) is 5.91 Å². The zero-order valence-electron chi connectivity index (χ0n) is 15.9. The van der Waals surface area contributed by atoms with Gasteiger partial charge in [-0.2, -0.15) is 0 Å². The first-order chi connectivity index (χ1) is 12.5. The van der Waals surface area contributed by atoms with Crippen LogP contribution in [0.1, 0.15) is 30.7 Å². The van der Waals surface area contributed by atoms with Crippen molar-refractivity contribution in [2.75, 3.05) is 23.3 Å². The average Bonchev–Trinajstić information content (AvgIpc) is 3.02. The number of hydrogen-bond donors (Lipinski definition) is 1. The fourth-order valence-corrected chi connectivity index (χ4v) is 3.22. The van der Waals surface area contributed by atoms with E-state index in [1.807, 2.05) is 48.8 Å². The Morgan fingerprint density at radius 3 is 2.58 bits per heavy atom. The molecule has 26 heavy (non-hydrogen) atoms. The largest absolute Gasteiger partial charge is 0.372 e. The fourth-order valence-electron chi connectivity index (χ4n) is 3.22. The lowest BCUT2D eigenvalue weighted by Gasteiger charge is -2.22. The highest BCUT2D eigenvalue weighted by atomic mass is 16.1. The Balaban J connectivity index is 1.72. The first-order valence-corrected chi connectivity index (χ1v) is 9.10. The number of hydrogen-bond acceptors (Lipinski definition) is 3. The third kappa shape index (κ3) is 3.72. The van der Waals surface area contributed by atoms with Crippen LogP contribution in [0.5, 0.6) is 0 Å². The molecule has 0 fully saturated rings. The molecule has 2 heterocycles. The highest BCUT2D eigenvalue weighted by Crippen LogP contribution is 2.23. The molecule has 3 rings (SSSR count). The number of carbonyl (C=O) groups excluding carboxylic acids is 1. The van der Waals surface area contributed by atoms with Crippen molar-refractivity contribution in [1.82, 2.24) is 9.38 Å². The molecule has 0 atom stereocenters. The predicted octanol–water partition coefficient (Wildman–Crippen LogP) is 3.98. The van der Waals surface area contributed by atoms with Crippen LogP contribution < -0.4 is 10.2 Å². The molecule has 136 valence electrons. The number of carbonyl (C=O) groups is 1. The summed E-state index contributed by atoms with van der Waals surface area (Å²) in [6.45, 7) is 10.3. The Kier molecular flexibility index (Phi) is 5.26. The smallest absolute Gasteiger partial charge is 0.230 e. The van der Waals surface area contributed by atoms with Crippen molar-refractivity contribution >= 4 is 22.9 Å². The Bertz CT molecular complexity index is 925. The standard InChI is InChI=1S/C21H26N4O/c1-5-24(6-2)18-9-10-19(16(4)12-18)23-20(26)13-17-14-25-11-7-8-15(3)21(25)22-17/h7-12,14H,5-6,13H2,1-4H3,(H,23,26). The lowest BCUT2D eigenvalue weighted by Crippen LogP contribution is -2.22. The number of benzene rings is 1. The molecule has 3 aromatic rings. The van der Waals surface area contributed by atoms with Gasteiger partial charge < -0.3 is 14.6 Å². The molecule has 0 saturated carbocycles. The topological polar surface area (TPSA) is 49.6 Å². The molecule has 0 radical (unpaired) electrons. The lowest BCUT2D eigenvalue weighted by molar-refractivity contribution is -0.115. The molecule has 0 bridgehead atoms. The highest BCUT2D eigenvalue weighted by molar-refractivity contribution is 5.93. The molecule has 0 aliphatic heterocycles. The molecule has 2 aromatic heterocycles. The Labute approximate surface area is 154 Å². The van der Waals surface area contributed by atoms with Gasteiger partial charge in [-0.25, -0.2) is 4.98 Å². The van der Waals surface area contributed by atoms with Crippen LogP contribution in [-0.2, 0) is 11.2 Å².